The summed E-state index contributed by atoms with van der Waals surface area (Å²) in [6.45, 7) is 1.23. The van der Waals surface area contributed by atoms with Crippen LogP contribution in [-0.4, -0.2) is 47.6 Å². The Kier molecular flexibility index (Phi) is 4.96. The highest BCUT2D eigenvalue weighted by molar-refractivity contribution is 7.98. The minimum absolute atomic E-state index is 0.241. The van der Waals surface area contributed by atoms with Crippen LogP contribution in [0.5, 0.6) is 0 Å². The van der Waals surface area contributed by atoms with Crippen molar-refractivity contribution in [2.24, 2.45) is 0 Å². The smallest absolute Gasteiger partial charge is 0.325 e. The van der Waals surface area contributed by atoms with Crippen molar-refractivity contribution in [2.75, 3.05) is 18.6 Å². The van der Waals surface area contributed by atoms with E-state index in [1.54, 1.807) is 6.26 Å². The van der Waals surface area contributed by atoms with E-state index < -0.39 is 31.8 Å². The first-order valence-corrected chi connectivity index (χ1v) is 8.09. The molecule has 0 fully saturated rings. The van der Waals surface area contributed by atoms with E-state index in [1.807, 2.05) is 4.98 Å². The van der Waals surface area contributed by atoms with Crippen LogP contribution in [-0.2, 0) is 10.0 Å². The first kappa shape index (κ1) is 16.0. The fourth-order valence-corrected chi connectivity index (χ4v) is 3.18. The summed E-state index contributed by atoms with van der Waals surface area (Å²) in [5, 5.41) is 9.85. The Morgan fingerprint density at radius 3 is 2.63 bits per heavy atom. The lowest BCUT2D eigenvalue weighted by Gasteiger charge is -2.22. The standard InChI is InChI=1S/C9H15N3O5S2/c1-9(15,5-18-2)4-11-19(16,17)6-3-10-8(14)12-7(6)13/h3,11,15H,4-5H2,1-2H3,(H2,10,12,13,14). The molecular weight excluding hydrogens is 294 g/mol. The number of hydrogen-bond donors (Lipinski definition) is 4. The van der Waals surface area contributed by atoms with Crippen LogP contribution in [0.4, 0.5) is 0 Å². The average Bonchev–Trinajstić information content (AvgIpc) is 2.26. The van der Waals surface area contributed by atoms with E-state index in [4.69, 9.17) is 0 Å². The molecule has 1 rings (SSSR count). The fraction of sp³-hybridized carbons (Fsp3) is 0.556. The van der Waals surface area contributed by atoms with Crippen LogP contribution in [0, 0.1) is 0 Å². The summed E-state index contributed by atoms with van der Waals surface area (Å²) in [6.07, 6.45) is 2.59. The van der Waals surface area contributed by atoms with Gasteiger partial charge >= 0.3 is 5.69 Å². The van der Waals surface area contributed by atoms with Crippen molar-refractivity contribution in [2.45, 2.75) is 17.4 Å². The Balaban J connectivity index is 2.94. The van der Waals surface area contributed by atoms with Gasteiger partial charge < -0.3 is 10.1 Å². The van der Waals surface area contributed by atoms with Gasteiger partial charge in [0.05, 0.1) is 5.60 Å². The number of aliphatic hydroxyl groups is 1. The molecule has 0 saturated heterocycles. The van der Waals surface area contributed by atoms with Crippen LogP contribution in [0.3, 0.4) is 0 Å². The molecule has 1 aromatic rings. The van der Waals surface area contributed by atoms with E-state index in [0.29, 0.717) is 5.75 Å². The van der Waals surface area contributed by atoms with E-state index in [-0.39, 0.29) is 6.54 Å². The lowest BCUT2D eigenvalue weighted by Crippen LogP contribution is -2.43. The highest BCUT2D eigenvalue weighted by atomic mass is 32.2. The first-order valence-electron chi connectivity index (χ1n) is 5.21. The molecular formula is C9H15N3O5S2. The van der Waals surface area contributed by atoms with E-state index >= 15 is 0 Å². The molecule has 0 aliphatic rings. The molecule has 1 atom stereocenters. The predicted octanol–water partition coefficient (Wildman–Crippen LogP) is -1.54. The summed E-state index contributed by atoms with van der Waals surface area (Å²) in [5.74, 6) is 0.331. The van der Waals surface area contributed by atoms with Gasteiger partial charge in [0.2, 0.25) is 10.0 Å². The highest BCUT2D eigenvalue weighted by Gasteiger charge is 2.25. The summed E-state index contributed by atoms with van der Waals surface area (Å²) in [6, 6.07) is 0. The number of aromatic nitrogens is 2. The summed E-state index contributed by atoms with van der Waals surface area (Å²) >= 11 is 1.36. The van der Waals surface area contributed by atoms with Crippen molar-refractivity contribution in [3.8, 4) is 0 Å². The van der Waals surface area contributed by atoms with E-state index in [9.17, 15) is 23.1 Å². The molecule has 1 heterocycles. The van der Waals surface area contributed by atoms with E-state index in [1.165, 1.54) is 18.7 Å². The van der Waals surface area contributed by atoms with Crippen LogP contribution in [0.15, 0.2) is 20.7 Å². The van der Waals surface area contributed by atoms with Gasteiger partial charge in [-0.3, -0.25) is 9.78 Å². The Hall–Kier alpha value is -1.10. The molecule has 0 saturated carbocycles. The fourth-order valence-electron chi connectivity index (χ4n) is 1.29. The molecule has 19 heavy (non-hydrogen) atoms. The summed E-state index contributed by atoms with van der Waals surface area (Å²) < 4.78 is 25.8. The molecule has 10 heteroatoms. The van der Waals surface area contributed by atoms with Gasteiger partial charge in [-0.25, -0.2) is 17.9 Å². The molecule has 0 aliphatic heterocycles. The molecule has 0 bridgehead atoms. The van der Waals surface area contributed by atoms with Gasteiger partial charge in [-0.1, -0.05) is 0 Å². The van der Waals surface area contributed by atoms with Gasteiger partial charge in [-0.2, -0.15) is 11.8 Å². The average molecular weight is 309 g/mol. The molecule has 108 valence electrons. The van der Waals surface area contributed by atoms with Crippen LogP contribution in [0.25, 0.3) is 0 Å². The Labute approximate surface area is 113 Å². The Morgan fingerprint density at radius 2 is 2.11 bits per heavy atom. The zero-order valence-corrected chi connectivity index (χ0v) is 12.0. The molecule has 0 radical (unpaired) electrons. The summed E-state index contributed by atoms with van der Waals surface area (Å²) in [4.78, 5) is 25.5. The van der Waals surface area contributed by atoms with E-state index in [2.05, 4.69) is 9.71 Å². The minimum atomic E-state index is -4.09. The van der Waals surface area contributed by atoms with Gasteiger partial charge in [0.25, 0.3) is 5.56 Å². The molecule has 0 amide bonds. The second kappa shape index (κ2) is 5.90. The highest BCUT2D eigenvalue weighted by Crippen LogP contribution is 2.10. The SMILES string of the molecule is CSCC(C)(O)CNS(=O)(=O)c1c[nH]c(=O)[nH]c1=O. The van der Waals surface area contributed by atoms with Crippen LogP contribution in [0.2, 0.25) is 0 Å². The summed E-state index contributed by atoms with van der Waals surface area (Å²) in [7, 11) is -4.09. The number of rotatable bonds is 6. The first-order chi connectivity index (χ1) is 8.68. The number of hydrogen-bond acceptors (Lipinski definition) is 6. The molecule has 1 unspecified atom stereocenters. The van der Waals surface area contributed by atoms with Crippen molar-refractivity contribution < 1.29 is 13.5 Å². The van der Waals surface area contributed by atoms with Gasteiger partial charge in [0.1, 0.15) is 0 Å². The quantitative estimate of drug-likeness (QED) is 0.503. The second-order valence-electron chi connectivity index (χ2n) is 4.19. The lowest BCUT2D eigenvalue weighted by atomic mass is 10.1. The number of sulfonamides is 1. The largest absolute Gasteiger partial charge is 0.388 e. The summed E-state index contributed by atoms with van der Waals surface area (Å²) in [5.41, 5.74) is -3.04. The monoisotopic (exact) mass is 309 g/mol. The van der Waals surface area contributed by atoms with Crippen molar-refractivity contribution >= 4 is 21.8 Å². The zero-order valence-electron chi connectivity index (χ0n) is 10.4. The van der Waals surface area contributed by atoms with Gasteiger partial charge in [0, 0.05) is 18.5 Å². The van der Waals surface area contributed by atoms with Crippen molar-refractivity contribution in [1.29, 1.82) is 0 Å². The third kappa shape index (κ3) is 4.49. The maximum absolute atomic E-state index is 11.8. The maximum atomic E-state index is 11.8. The molecule has 0 aliphatic carbocycles. The Bertz CT molecular complexity index is 646. The molecule has 8 nitrogen and oxygen atoms in total. The maximum Gasteiger partial charge on any atom is 0.325 e. The third-order valence-corrected chi connectivity index (χ3v) is 4.49. The normalized spacial score (nSPS) is 15.1. The predicted molar refractivity (Wildman–Crippen MR) is 71.9 cm³/mol. The van der Waals surface area contributed by atoms with Crippen LogP contribution < -0.4 is 16.0 Å². The topological polar surface area (TPSA) is 132 Å². The number of H-pyrrole nitrogens is 2. The van der Waals surface area contributed by atoms with Crippen molar-refractivity contribution in [3.63, 3.8) is 0 Å². The Morgan fingerprint density at radius 1 is 1.47 bits per heavy atom. The lowest BCUT2D eigenvalue weighted by molar-refractivity contribution is 0.0908. The van der Waals surface area contributed by atoms with Gasteiger partial charge in [-0.05, 0) is 13.2 Å². The molecule has 0 aromatic carbocycles. The second-order valence-corrected chi connectivity index (χ2v) is 6.79. The number of aromatic amines is 2. The van der Waals surface area contributed by atoms with Crippen molar-refractivity contribution in [1.82, 2.24) is 14.7 Å². The van der Waals surface area contributed by atoms with Crippen LogP contribution >= 0.6 is 11.8 Å². The van der Waals surface area contributed by atoms with E-state index in [0.717, 1.165) is 6.20 Å². The molecule has 4 N–H and O–H groups in total. The molecule has 0 spiro atoms. The number of thioether (sulfide) groups is 1. The minimum Gasteiger partial charge on any atom is -0.388 e. The molecule has 1 aromatic heterocycles. The van der Waals surface area contributed by atoms with Crippen LogP contribution in [0.1, 0.15) is 6.92 Å². The van der Waals surface area contributed by atoms with Gasteiger partial charge in [-0.15, -0.1) is 0 Å². The van der Waals surface area contributed by atoms with Crippen molar-refractivity contribution in [3.05, 3.63) is 27.0 Å². The van der Waals surface area contributed by atoms with Gasteiger partial charge in [0.15, 0.2) is 4.90 Å². The third-order valence-electron chi connectivity index (χ3n) is 2.17. The number of nitrogens with one attached hydrogen (secondary N) is 3. The zero-order chi connectivity index (χ0) is 14.7.